The highest BCUT2D eigenvalue weighted by Gasteiger charge is 2.18. The van der Waals surface area contributed by atoms with Gasteiger partial charge in [-0.05, 0) is 209 Å². The van der Waals surface area contributed by atoms with Crippen molar-refractivity contribution < 1.29 is 34.2 Å². The molecule has 0 bridgehead atoms. The Morgan fingerprint density at radius 1 is 0.278 bits per heavy atom. The number of carbonyl (C=O) groups excluding carboxylic acids is 3. The number of carbonyl (C=O) groups is 5. The number of amides is 2. The average Bonchev–Trinajstić information content (AvgIpc) is 0.882. The van der Waals surface area contributed by atoms with Gasteiger partial charge in [0, 0.05) is 64.5 Å². The Kier molecular flexibility index (Phi) is 69.1. The number of nitrogens with two attached hydrogens (primary N) is 1. The van der Waals surface area contributed by atoms with Gasteiger partial charge in [0.15, 0.2) is 5.78 Å². The number of rotatable bonds is 52. The first-order chi connectivity index (χ1) is 61.2. The zero-order valence-electron chi connectivity index (χ0n) is 79.2. The van der Waals surface area contributed by atoms with E-state index in [1.807, 2.05) is 194 Å². The van der Waals surface area contributed by atoms with Crippen molar-refractivity contribution in [3.63, 3.8) is 0 Å². The largest absolute Gasteiger partial charge is 0.481 e. The Labute approximate surface area is 762 Å². The molecular formula is C109H162N10O7. The summed E-state index contributed by atoms with van der Waals surface area (Å²) in [6.45, 7) is 35.9. The molecule has 0 aromatic heterocycles. The maximum atomic E-state index is 13.0. The van der Waals surface area contributed by atoms with Crippen molar-refractivity contribution in [1.29, 1.82) is 0 Å². The number of likely N-dealkylation sites (N-methyl/N-ethyl adjacent to an activating group) is 2. The first-order valence-corrected chi connectivity index (χ1v) is 46.7. The van der Waals surface area contributed by atoms with Gasteiger partial charge in [-0.3, -0.25) is 24.0 Å². The van der Waals surface area contributed by atoms with E-state index in [2.05, 4.69) is 170 Å². The first-order valence-electron chi connectivity index (χ1n) is 46.7. The van der Waals surface area contributed by atoms with Gasteiger partial charge in [-0.1, -0.05) is 353 Å². The standard InChI is InChI=1S/C26H38N2O.C19H24N2O.C18H32N2.C11H18N2.C11H26N2.2C8H8O2.C8H8O/c1-3-5-18-27(19-6-4-2)20-13-21-28(23-25-16-11-8-12-17-25)26(29)22-24-14-9-7-10-15-24;1-20(2)13-14-21(16-18-11-7-4-8-12-18)19(22)15-17-9-5-3-6-10-17;1-3-5-14-20(15-6-4-2)16-10-13-19-17-18-11-8-7-9-12-18;1-13(2)9-8-12-10-11-6-4-3-5-7-11;1-3-5-9-13(10-6-4-2)11-7-8-12;2*9-8(10)6-7-4-2-1-3-5-7;1-7(9)8-5-3-2-4-6-8/h7-12,14-17H,3-6,13,18-23H2,1-2H3;3-12H,13-16H2,1-2H3;7-9,11-12,19H,3-6,10,13-17H2,1-2H3;3-7,12H,8-10H2,1-2H3;3-12H2,1-2H3;2*1-5H,6H2,(H,9,10);2-6H,1H3. The van der Waals surface area contributed by atoms with Crippen molar-refractivity contribution in [2.45, 2.75) is 197 Å². The SMILES string of the molecule is CC(=O)c1ccccc1.CCCCN(CCCC)CCCN.CCCCN(CCCC)CCCN(Cc1ccccc1)C(=O)Cc1ccccc1.CCCCN(CCCC)CCCNCc1ccccc1.CN(C)CCN(Cc1ccccc1)C(=O)Cc1ccccc1.CN(C)CCNCc1ccccc1.O=C(O)Cc1ccccc1.O=C(O)Cc1ccccc1. The van der Waals surface area contributed by atoms with Crippen LogP contribution in [-0.4, -0.2) is 207 Å². The van der Waals surface area contributed by atoms with E-state index in [-0.39, 0.29) is 30.4 Å². The second-order valence-corrected chi connectivity index (χ2v) is 32.4. The number of nitrogens with zero attached hydrogens (tertiary/aromatic N) is 7. The van der Waals surface area contributed by atoms with Gasteiger partial charge in [-0.15, -0.1) is 0 Å². The van der Waals surface area contributed by atoms with Crippen LogP contribution < -0.4 is 16.4 Å². The van der Waals surface area contributed by atoms with Gasteiger partial charge in [0.2, 0.25) is 11.8 Å². The Hall–Kier alpha value is -9.79. The summed E-state index contributed by atoms with van der Waals surface area (Å²) in [6.07, 6.45) is 20.1. The molecule has 0 unspecified atom stereocenters. The van der Waals surface area contributed by atoms with E-state index in [4.69, 9.17) is 15.9 Å². The van der Waals surface area contributed by atoms with Gasteiger partial charge >= 0.3 is 11.9 Å². The van der Waals surface area contributed by atoms with E-state index in [0.717, 1.165) is 106 Å². The second-order valence-electron chi connectivity index (χ2n) is 32.4. The summed E-state index contributed by atoms with van der Waals surface area (Å²) < 4.78 is 0. The van der Waals surface area contributed by atoms with Crippen LogP contribution in [0.15, 0.2) is 273 Å². The molecule has 0 radical (unpaired) electrons. The molecule has 0 heterocycles. The van der Waals surface area contributed by atoms with Gasteiger partial charge < -0.3 is 60.9 Å². The monoisotopic (exact) mass is 1720 g/mol. The molecule has 0 aliphatic carbocycles. The summed E-state index contributed by atoms with van der Waals surface area (Å²) in [5.74, 6) is -1.06. The number of carboxylic acids is 2. The van der Waals surface area contributed by atoms with Crippen molar-refractivity contribution in [3.8, 4) is 0 Å². The van der Waals surface area contributed by atoms with E-state index >= 15 is 0 Å². The number of unbranched alkanes of at least 4 members (excludes halogenated alkanes) is 6. The molecule has 0 atom stereocenters. The van der Waals surface area contributed by atoms with Crippen LogP contribution in [0.4, 0.5) is 0 Å². The normalized spacial score (nSPS) is 10.5. The Balaban J connectivity index is 0.000000504. The smallest absolute Gasteiger partial charge is 0.307 e. The van der Waals surface area contributed by atoms with Crippen LogP contribution >= 0.6 is 0 Å². The fourth-order valence-corrected chi connectivity index (χ4v) is 13.0. The molecule has 0 spiro atoms. The van der Waals surface area contributed by atoms with Gasteiger partial charge in [-0.25, -0.2) is 0 Å². The minimum atomic E-state index is -0.786. The molecule has 690 valence electrons. The third-order valence-corrected chi connectivity index (χ3v) is 20.4. The lowest BCUT2D eigenvalue weighted by Crippen LogP contribution is -2.37. The predicted molar refractivity (Wildman–Crippen MR) is 531 cm³/mol. The molecule has 0 aliphatic heterocycles. The number of benzene rings is 9. The third kappa shape index (κ3) is 63.2. The summed E-state index contributed by atoms with van der Waals surface area (Å²) in [7, 11) is 8.24. The molecule has 0 saturated carbocycles. The minimum absolute atomic E-state index is 0.112. The maximum absolute atomic E-state index is 13.0. The number of hydrogen-bond acceptors (Lipinski definition) is 13. The lowest BCUT2D eigenvalue weighted by molar-refractivity contribution is -0.137. The lowest BCUT2D eigenvalue weighted by Gasteiger charge is -2.26. The fourth-order valence-electron chi connectivity index (χ4n) is 13.0. The molecular weight excluding hydrogens is 1560 g/mol. The van der Waals surface area contributed by atoms with E-state index in [9.17, 15) is 24.0 Å². The Bertz CT molecular complexity index is 3910. The van der Waals surface area contributed by atoms with Gasteiger partial charge in [0.25, 0.3) is 0 Å². The highest BCUT2D eigenvalue weighted by atomic mass is 16.4. The number of nitrogens with one attached hydrogen (secondary N) is 2. The van der Waals surface area contributed by atoms with Crippen molar-refractivity contribution in [1.82, 2.24) is 44.9 Å². The van der Waals surface area contributed by atoms with Crippen LogP contribution in [0.3, 0.4) is 0 Å². The number of carboxylic acid groups (broad SMARTS) is 2. The summed E-state index contributed by atoms with van der Waals surface area (Å²) >= 11 is 0. The van der Waals surface area contributed by atoms with Crippen LogP contribution in [0.25, 0.3) is 0 Å². The molecule has 9 aromatic rings. The number of ketones is 1. The molecule has 17 heteroatoms. The zero-order chi connectivity index (χ0) is 91.9. The number of aliphatic carboxylic acids is 2. The van der Waals surface area contributed by atoms with E-state index in [1.54, 1.807) is 31.2 Å². The number of Topliss-reactive ketones (excluding diaryl/α,β-unsaturated/α-hetero) is 1. The molecule has 6 N–H and O–H groups in total. The molecule has 9 aromatic carbocycles. The number of hydrogen-bond donors (Lipinski definition) is 5. The van der Waals surface area contributed by atoms with E-state index in [1.165, 1.54) is 158 Å². The second kappa shape index (κ2) is 77.5. The molecule has 0 saturated heterocycles. The molecule has 0 fully saturated rings. The maximum Gasteiger partial charge on any atom is 0.307 e. The van der Waals surface area contributed by atoms with Crippen LogP contribution in [0, 0.1) is 0 Å². The van der Waals surface area contributed by atoms with Crippen LogP contribution in [0.5, 0.6) is 0 Å². The third-order valence-electron chi connectivity index (χ3n) is 20.4. The summed E-state index contributed by atoms with van der Waals surface area (Å²) in [5, 5.41) is 23.7. The summed E-state index contributed by atoms with van der Waals surface area (Å²) in [6, 6.07) is 89.1. The highest BCUT2D eigenvalue weighted by Crippen LogP contribution is 2.14. The first kappa shape index (κ1) is 112. The zero-order valence-corrected chi connectivity index (χ0v) is 79.2. The minimum Gasteiger partial charge on any atom is -0.481 e. The van der Waals surface area contributed by atoms with Crippen molar-refractivity contribution >= 4 is 29.5 Å². The van der Waals surface area contributed by atoms with Crippen LogP contribution in [0.1, 0.15) is 200 Å². The van der Waals surface area contributed by atoms with Crippen molar-refractivity contribution in [2.75, 3.05) is 133 Å². The fraction of sp³-hybridized carbons (Fsp3) is 0.459. The molecule has 0 aliphatic rings. The molecule has 9 rings (SSSR count). The van der Waals surface area contributed by atoms with Crippen LogP contribution in [0.2, 0.25) is 0 Å². The van der Waals surface area contributed by atoms with Crippen molar-refractivity contribution in [2.24, 2.45) is 5.73 Å². The molecule has 126 heavy (non-hydrogen) atoms. The van der Waals surface area contributed by atoms with Gasteiger partial charge in [-0.2, -0.15) is 0 Å². The van der Waals surface area contributed by atoms with E-state index in [0.29, 0.717) is 25.9 Å². The highest BCUT2D eigenvalue weighted by molar-refractivity contribution is 5.93. The topological polar surface area (TPSA) is 199 Å². The lowest BCUT2D eigenvalue weighted by atomic mass is 10.1. The van der Waals surface area contributed by atoms with Gasteiger partial charge in [0.1, 0.15) is 0 Å². The summed E-state index contributed by atoms with van der Waals surface area (Å²) in [5.41, 5.74) is 15.2. The molecule has 17 nitrogen and oxygen atoms in total. The summed E-state index contributed by atoms with van der Waals surface area (Å²) in [4.78, 5) is 72.7. The van der Waals surface area contributed by atoms with Gasteiger partial charge in [0.05, 0.1) is 25.7 Å². The van der Waals surface area contributed by atoms with Crippen molar-refractivity contribution in [3.05, 3.63) is 323 Å². The van der Waals surface area contributed by atoms with E-state index < -0.39 is 11.9 Å². The Morgan fingerprint density at radius 3 is 0.810 bits per heavy atom. The Morgan fingerprint density at radius 2 is 0.532 bits per heavy atom. The average molecular weight is 1720 g/mol. The predicted octanol–water partition coefficient (Wildman–Crippen LogP) is 20.5. The molecule has 2 amide bonds. The quantitative estimate of drug-likeness (QED) is 0.0178. The van der Waals surface area contributed by atoms with Crippen LogP contribution in [-0.2, 0) is 71.0 Å².